The Morgan fingerprint density at radius 3 is 2.52 bits per heavy atom. The smallest absolute Gasteiger partial charge is 0.119 e. The number of hydrogen-bond donors (Lipinski definition) is 1. The molecule has 0 aliphatic rings. The molecule has 3 aromatic rings. The highest BCUT2D eigenvalue weighted by atomic mass is 16.5. The van der Waals surface area contributed by atoms with Crippen LogP contribution in [0.4, 0.5) is 0 Å². The van der Waals surface area contributed by atoms with Crippen LogP contribution in [0.15, 0.2) is 60.9 Å². The Morgan fingerprint density at radius 1 is 1.11 bits per heavy atom. The van der Waals surface area contributed by atoms with Crippen LogP contribution in [0.3, 0.4) is 0 Å². The molecule has 0 aliphatic heterocycles. The van der Waals surface area contributed by atoms with Gasteiger partial charge in [0.2, 0.25) is 0 Å². The molecule has 27 heavy (non-hydrogen) atoms. The molecule has 0 saturated carbocycles. The molecule has 0 amide bonds. The maximum absolute atomic E-state index is 10.3. The summed E-state index contributed by atoms with van der Waals surface area (Å²) in [6.07, 6.45) is 3.33. The molecule has 1 aromatic heterocycles. The summed E-state index contributed by atoms with van der Waals surface area (Å²) in [7, 11) is 1.99. The van der Waals surface area contributed by atoms with Crippen molar-refractivity contribution in [1.29, 1.82) is 0 Å². The molecular weight excluding hydrogens is 338 g/mol. The second kappa shape index (κ2) is 8.84. The highest BCUT2D eigenvalue weighted by molar-refractivity contribution is 5.33. The van der Waals surface area contributed by atoms with E-state index < -0.39 is 6.10 Å². The topological polar surface area (TPSA) is 50.5 Å². The number of ether oxygens (including phenoxy) is 1. The average Bonchev–Trinajstić information content (AvgIpc) is 3.08. The zero-order valence-corrected chi connectivity index (χ0v) is 16.2. The Bertz CT molecular complexity index is 841. The molecular formula is C22H27N3O2. The summed E-state index contributed by atoms with van der Waals surface area (Å²) in [6, 6.07) is 16.1. The first-order valence-corrected chi connectivity index (χ1v) is 9.16. The molecule has 3 rings (SSSR count). The second-order valence-corrected chi connectivity index (χ2v) is 7.11. The largest absolute Gasteiger partial charge is 0.491 e. The van der Waals surface area contributed by atoms with Crippen LogP contribution >= 0.6 is 0 Å². The third-order valence-electron chi connectivity index (χ3n) is 4.27. The van der Waals surface area contributed by atoms with Crippen molar-refractivity contribution in [3.05, 3.63) is 77.6 Å². The Morgan fingerprint density at radius 2 is 1.81 bits per heavy atom. The lowest BCUT2D eigenvalue weighted by Crippen LogP contribution is -2.32. The number of aliphatic hydroxyl groups excluding tert-OH is 1. The lowest BCUT2D eigenvalue weighted by atomic mass is 10.1. The van der Waals surface area contributed by atoms with Crippen LogP contribution in [0.5, 0.6) is 5.75 Å². The van der Waals surface area contributed by atoms with Crippen LogP contribution in [0.25, 0.3) is 5.69 Å². The zero-order chi connectivity index (χ0) is 19.2. The maximum Gasteiger partial charge on any atom is 0.119 e. The minimum Gasteiger partial charge on any atom is -0.491 e. The highest BCUT2D eigenvalue weighted by Gasteiger charge is 2.11. The van der Waals surface area contributed by atoms with Crippen molar-refractivity contribution in [2.24, 2.45) is 0 Å². The summed E-state index contributed by atoms with van der Waals surface area (Å²) >= 11 is 0. The van der Waals surface area contributed by atoms with E-state index in [-0.39, 0.29) is 6.61 Å². The fourth-order valence-electron chi connectivity index (χ4n) is 3.16. The lowest BCUT2D eigenvalue weighted by Gasteiger charge is -2.20. The van der Waals surface area contributed by atoms with Crippen molar-refractivity contribution in [3.8, 4) is 11.4 Å². The fourth-order valence-corrected chi connectivity index (χ4v) is 3.16. The zero-order valence-electron chi connectivity index (χ0n) is 16.2. The van der Waals surface area contributed by atoms with Crippen LogP contribution in [-0.2, 0) is 6.54 Å². The Labute approximate surface area is 160 Å². The van der Waals surface area contributed by atoms with Gasteiger partial charge >= 0.3 is 0 Å². The predicted molar refractivity (Wildman–Crippen MR) is 107 cm³/mol. The molecule has 0 fully saturated rings. The number of aromatic nitrogens is 2. The van der Waals surface area contributed by atoms with Gasteiger partial charge in [0.1, 0.15) is 18.5 Å². The molecule has 1 atom stereocenters. The summed E-state index contributed by atoms with van der Waals surface area (Å²) in [5.74, 6) is 0.804. The van der Waals surface area contributed by atoms with Gasteiger partial charge in [0.05, 0.1) is 11.9 Å². The van der Waals surface area contributed by atoms with Crippen molar-refractivity contribution < 1.29 is 9.84 Å². The number of aryl methyl sites for hydroxylation is 2. The van der Waals surface area contributed by atoms with E-state index in [1.165, 1.54) is 0 Å². The van der Waals surface area contributed by atoms with Gasteiger partial charge in [0.25, 0.3) is 0 Å². The van der Waals surface area contributed by atoms with E-state index in [9.17, 15) is 5.11 Å². The number of benzene rings is 2. The summed E-state index contributed by atoms with van der Waals surface area (Å²) in [5.41, 5.74) is 4.45. The van der Waals surface area contributed by atoms with Crippen molar-refractivity contribution in [1.82, 2.24) is 14.7 Å². The van der Waals surface area contributed by atoms with Crippen LogP contribution in [0.1, 0.15) is 16.7 Å². The minimum absolute atomic E-state index is 0.274. The highest BCUT2D eigenvalue weighted by Crippen LogP contribution is 2.16. The van der Waals surface area contributed by atoms with Crippen molar-refractivity contribution in [2.75, 3.05) is 20.2 Å². The van der Waals surface area contributed by atoms with Gasteiger partial charge in [-0.15, -0.1) is 0 Å². The summed E-state index contributed by atoms with van der Waals surface area (Å²) < 4.78 is 7.61. The van der Waals surface area contributed by atoms with E-state index in [4.69, 9.17) is 4.74 Å². The molecule has 1 unspecified atom stereocenters. The summed E-state index contributed by atoms with van der Waals surface area (Å²) in [4.78, 5) is 2.07. The van der Waals surface area contributed by atoms with Gasteiger partial charge < -0.3 is 9.84 Å². The number of hydrogen-bond acceptors (Lipinski definition) is 4. The van der Waals surface area contributed by atoms with Gasteiger partial charge in [-0.05, 0) is 56.3 Å². The Balaban J connectivity index is 1.48. The van der Waals surface area contributed by atoms with Crippen LogP contribution in [0, 0.1) is 13.8 Å². The van der Waals surface area contributed by atoms with Crippen LogP contribution < -0.4 is 4.74 Å². The number of nitrogens with zero attached hydrogens (tertiary/aromatic N) is 3. The first-order chi connectivity index (χ1) is 13.0. The van der Waals surface area contributed by atoms with Crippen molar-refractivity contribution >= 4 is 0 Å². The molecule has 5 heteroatoms. The molecule has 142 valence electrons. The maximum atomic E-state index is 10.3. The third kappa shape index (κ3) is 5.67. The normalized spacial score (nSPS) is 12.3. The number of likely N-dealkylation sites (N-methyl/N-ethyl adjacent to an activating group) is 1. The molecule has 5 nitrogen and oxygen atoms in total. The quantitative estimate of drug-likeness (QED) is 0.665. The predicted octanol–water partition coefficient (Wildman–Crippen LogP) is 3.36. The number of aliphatic hydroxyl groups is 1. The van der Waals surface area contributed by atoms with Crippen molar-refractivity contribution in [3.63, 3.8) is 0 Å². The Hall–Kier alpha value is -2.63. The van der Waals surface area contributed by atoms with Crippen molar-refractivity contribution in [2.45, 2.75) is 26.5 Å². The average molecular weight is 365 g/mol. The lowest BCUT2D eigenvalue weighted by molar-refractivity contribution is 0.0743. The molecule has 0 radical (unpaired) electrons. The van der Waals surface area contributed by atoms with E-state index in [2.05, 4.69) is 16.1 Å². The van der Waals surface area contributed by atoms with Gasteiger partial charge in [0.15, 0.2) is 0 Å². The molecule has 0 spiro atoms. The van der Waals surface area contributed by atoms with E-state index >= 15 is 0 Å². The second-order valence-electron chi connectivity index (χ2n) is 7.11. The van der Waals surface area contributed by atoms with Gasteiger partial charge in [-0.25, -0.2) is 4.68 Å². The molecule has 0 saturated heterocycles. The fraction of sp³-hybridized carbons (Fsp3) is 0.318. The molecule has 1 N–H and O–H groups in total. The summed E-state index contributed by atoms with van der Waals surface area (Å²) in [5, 5.41) is 14.7. The molecule has 1 heterocycles. The van der Waals surface area contributed by atoms with E-state index in [1.54, 1.807) is 0 Å². The number of para-hydroxylation sites is 1. The molecule has 2 aromatic carbocycles. The first-order valence-electron chi connectivity index (χ1n) is 9.16. The first kappa shape index (κ1) is 19.1. The van der Waals surface area contributed by atoms with Gasteiger partial charge in [0, 0.05) is 24.8 Å². The third-order valence-corrected chi connectivity index (χ3v) is 4.27. The van der Waals surface area contributed by atoms with E-state index in [1.807, 2.05) is 80.4 Å². The molecule has 0 aliphatic carbocycles. The van der Waals surface area contributed by atoms with Crippen LogP contribution in [0.2, 0.25) is 0 Å². The number of rotatable bonds is 8. The SMILES string of the molecule is Cc1cc(C)cc(OCC(O)CN(C)Cc2cnn(-c3ccccc3)c2)c1. The summed E-state index contributed by atoms with van der Waals surface area (Å²) in [6.45, 7) is 5.60. The van der Waals surface area contributed by atoms with Crippen LogP contribution in [-0.4, -0.2) is 46.1 Å². The minimum atomic E-state index is -0.556. The molecule has 0 bridgehead atoms. The Kier molecular flexibility index (Phi) is 6.27. The van der Waals surface area contributed by atoms with Gasteiger partial charge in [-0.1, -0.05) is 24.3 Å². The van der Waals surface area contributed by atoms with E-state index in [0.717, 1.165) is 28.1 Å². The van der Waals surface area contributed by atoms with E-state index in [0.29, 0.717) is 13.1 Å². The monoisotopic (exact) mass is 365 g/mol. The standard InChI is InChI=1S/C22H27N3O2/c1-17-9-18(2)11-22(10-17)27-16-21(26)15-24(3)13-19-12-23-25(14-19)20-7-5-4-6-8-20/h4-12,14,21,26H,13,15-16H2,1-3H3. The van der Waals surface area contributed by atoms with Gasteiger partial charge in [-0.2, -0.15) is 5.10 Å². The van der Waals surface area contributed by atoms with Gasteiger partial charge in [-0.3, -0.25) is 4.90 Å².